The number of rotatable bonds is 6. The van der Waals surface area contributed by atoms with Crippen molar-refractivity contribution in [3.8, 4) is 0 Å². The molecule has 2 heterocycles. The van der Waals surface area contributed by atoms with Gasteiger partial charge in [-0.05, 0) is 12.5 Å². The fraction of sp³-hybridized carbons (Fsp3) is 0.727. The average Bonchev–Trinajstić information content (AvgIpc) is 3.64. The number of ether oxygens (including phenoxy) is 5. The number of cyclic esters (lactones) is 1. The minimum absolute atomic E-state index is 0.285. The molecule has 0 aromatic carbocycles. The van der Waals surface area contributed by atoms with Crippen molar-refractivity contribution in [1.82, 2.24) is 0 Å². The first-order valence-corrected chi connectivity index (χ1v) is 15.9. The lowest BCUT2D eigenvalue weighted by molar-refractivity contribution is -0.419. The molecule has 15 heteroatoms. The summed E-state index contributed by atoms with van der Waals surface area (Å²) in [7, 11) is 1.06. The van der Waals surface area contributed by atoms with Crippen molar-refractivity contribution >= 4 is 29.8 Å². The van der Waals surface area contributed by atoms with Gasteiger partial charge >= 0.3 is 29.8 Å². The van der Waals surface area contributed by atoms with Gasteiger partial charge in [0.1, 0.15) is 29.5 Å². The molecule has 0 radical (unpaired) electrons. The van der Waals surface area contributed by atoms with E-state index in [4.69, 9.17) is 28.1 Å². The van der Waals surface area contributed by atoms with Crippen molar-refractivity contribution in [2.75, 3.05) is 7.11 Å². The van der Waals surface area contributed by atoms with Gasteiger partial charge in [-0.3, -0.25) is 19.2 Å². The van der Waals surface area contributed by atoms with Gasteiger partial charge in [0.2, 0.25) is 6.10 Å². The standard InChI is InChI=1S/C33H42O15/c1-14(34)45-22(27(39)43-7)23-28(4)13-31(40)21(25(28)46-15(2)35)26(47-16(3)36)33(42)18-10-20(38)48-24(17-8-9-44-12-17)29(18,5)19(37)11-32(33,41)30(23,31)6/h8-9,12,18-19,21-26,37,40-42H,10-11,13H2,1-7H3/t18-,19+,21-,22-,23+,24+,25-,26-,28-,29+,30-,31+,32+,33-/m1/s1. The summed E-state index contributed by atoms with van der Waals surface area (Å²) in [6, 6.07) is 1.52. The summed E-state index contributed by atoms with van der Waals surface area (Å²) in [6.45, 7) is 7.78. The molecule has 14 atom stereocenters. The fourth-order valence-corrected chi connectivity index (χ4v) is 11.2. The summed E-state index contributed by atoms with van der Waals surface area (Å²) in [5, 5.41) is 52.0. The Kier molecular flexibility index (Phi) is 7.50. The predicted octanol–water partition coefficient (Wildman–Crippen LogP) is 0.492. The second-order valence-electron chi connectivity index (χ2n) is 14.9. The Morgan fingerprint density at radius 3 is 2.15 bits per heavy atom. The number of methoxy groups -OCH3 is 1. The lowest BCUT2D eigenvalue weighted by Crippen LogP contribution is -2.90. The molecule has 2 bridgehead atoms. The number of carbonyl (C=O) groups excluding carboxylic acids is 5. The molecule has 6 rings (SSSR count). The molecule has 4 saturated carbocycles. The maximum absolute atomic E-state index is 13.5. The van der Waals surface area contributed by atoms with E-state index < -0.39 is 124 Å². The highest BCUT2D eigenvalue weighted by Gasteiger charge is 2.94. The van der Waals surface area contributed by atoms with Crippen LogP contribution in [0.2, 0.25) is 0 Å². The maximum Gasteiger partial charge on any atom is 0.347 e. The first-order valence-electron chi connectivity index (χ1n) is 15.9. The van der Waals surface area contributed by atoms with Crippen LogP contribution in [-0.2, 0) is 47.7 Å². The van der Waals surface area contributed by atoms with Crippen LogP contribution in [0.5, 0.6) is 0 Å². The van der Waals surface area contributed by atoms with Gasteiger partial charge in [-0.15, -0.1) is 0 Å². The second kappa shape index (κ2) is 10.5. The van der Waals surface area contributed by atoms with E-state index in [9.17, 15) is 44.4 Å². The molecule has 264 valence electrons. The van der Waals surface area contributed by atoms with Crippen molar-refractivity contribution in [1.29, 1.82) is 0 Å². The maximum atomic E-state index is 13.5. The number of furan rings is 1. The van der Waals surface area contributed by atoms with Crippen LogP contribution in [0.15, 0.2) is 23.0 Å². The third-order valence-electron chi connectivity index (χ3n) is 12.8. The molecule has 1 aromatic heterocycles. The summed E-state index contributed by atoms with van der Waals surface area (Å²) in [5.74, 6) is -8.81. The lowest BCUT2D eigenvalue weighted by atomic mass is 9.34. The van der Waals surface area contributed by atoms with Gasteiger partial charge < -0.3 is 48.5 Å². The van der Waals surface area contributed by atoms with Crippen LogP contribution in [0.1, 0.15) is 72.5 Å². The largest absolute Gasteiger partial charge is 0.472 e. The number of aliphatic hydroxyl groups excluding tert-OH is 1. The quantitative estimate of drug-likeness (QED) is 0.237. The predicted molar refractivity (Wildman–Crippen MR) is 156 cm³/mol. The summed E-state index contributed by atoms with van der Waals surface area (Å²) in [6.07, 6.45) is -6.70. The van der Waals surface area contributed by atoms with Gasteiger partial charge in [-0.2, -0.15) is 0 Å². The van der Waals surface area contributed by atoms with Crippen LogP contribution in [-0.4, -0.2) is 98.6 Å². The third kappa shape index (κ3) is 3.86. The van der Waals surface area contributed by atoms with Crippen LogP contribution in [0.3, 0.4) is 0 Å². The average molecular weight is 679 g/mol. The van der Waals surface area contributed by atoms with E-state index in [2.05, 4.69) is 0 Å². The second-order valence-corrected chi connectivity index (χ2v) is 14.9. The van der Waals surface area contributed by atoms with Gasteiger partial charge in [0.25, 0.3) is 0 Å². The zero-order valence-electron chi connectivity index (χ0n) is 27.8. The van der Waals surface area contributed by atoms with Crippen LogP contribution < -0.4 is 0 Å². The third-order valence-corrected chi connectivity index (χ3v) is 12.8. The van der Waals surface area contributed by atoms with Gasteiger partial charge in [0.15, 0.2) is 0 Å². The van der Waals surface area contributed by atoms with Crippen molar-refractivity contribution in [3.05, 3.63) is 24.2 Å². The van der Waals surface area contributed by atoms with Crippen molar-refractivity contribution < 1.29 is 72.5 Å². The van der Waals surface area contributed by atoms with Crippen molar-refractivity contribution in [2.45, 2.75) is 108 Å². The van der Waals surface area contributed by atoms with Gasteiger partial charge in [-0.1, -0.05) is 20.8 Å². The van der Waals surface area contributed by atoms with E-state index in [1.165, 1.54) is 25.5 Å². The molecule has 1 aliphatic heterocycles. The first-order chi connectivity index (χ1) is 22.2. The minimum atomic E-state index is -2.70. The van der Waals surface area contributed by atoms with Crippen LogP contribution >= 0.6 is 0 Å². The monoisotopic (exact) mass is 678 g/mol. The smallest absolute Gasteiger partial charge is 0.347 e. The number of hydrogen-bond donors (Lipinski definition) is 4. The molecule has 4 N–H and O–H groups in total. The van der Waals surface area contributed by atoms with E-state index in [-0.39, 0.29) is 6.42 Å². The highest BCUT2D eigenvalue weighted by molar-refractivity contribution is 5.80. The Labute approximate surface area is 275 Å². The number of fused-ring (bicyclic) bond motifs is 5. The fourth-order valence-electron chi connectivity index (χ4n) is 11.2. The molecule has 15 nitrogen and oxygen atoms in total. The first kappa shape index (κ1) is 34.3. The van der Waals surface area contributed by atoms with Crippen molar-refractivity contribution in [2.24, 2.45) is 34.0 Å². The van der Waals surface area contributed by atoms with Crippen LogP contribution in [0, 0.1) is 34.0 Å². The van der Waals surface area contributed by atoms with E-state index in [1.54, 1.807) is 13.8 Å². The SMILES string of the molecule is COC(=O)[C@H](OC(C)=O)[C@H]1[C@@]2(C)C[C@]3(O)[C@H]([C@H]2OC(C)=O)[C@@H](OC(C)=O)[C@]2(O)[C@@H]4CC(=O)O[C@@H](c5ccoc5)[C@]4(C)[C@@H](O)C[C@]2(O)[C@]13C. The molecular weight excluding hydrogens is 636 g/mol. The Morgan fingerprint density at radius 1 is 0.979 bits per heavy atom. The van der Waals surface area contributed by atoms with E-state index in [1.807, 2.05) is 0 Å². The summed E-state index contributed by atoms with van der Waals surface area (Å²) < 4.78 is 33.3. The van der Waals surface area contributed by atoms with E-state index in [0.29, 0.717) is 5.56 Å². The Hall–Kier alpha value is -3.53. The summed E-state index contributed by atoms with van der Waals surface area (Å²) >= 11 is 0. The van der Waals surface area contributed by atoms with Crippen molar-refractivity contribution in [3.63, 3.8) is 0 Å². The topological polar surface area (TPSA) is 226 Å². The van der Waals surface area contributed by atoms with Gasteiger partial charge in [-0.25, -0.2) is 4.79 Å². The van der Waals surface area contributed by atoms with Gasteiger partial charge in [0, 0.05) is 60.8 Å². The van der Waals surface area contributed by atoms with E-state index >= 15 is 0 Å². The number of hydrogen-bond acceptors (Lipinski definition) is 15. The molecule has 4 aliphatic carbocycles. The summed E-state index contributed by atoms with van der Waals surface area (Å²) in [4.78, 5) is 64.9. The lowest BCUT2D eigenvalue weighted by Gasteiger charge is -2.75. The minimum Gasteiger partial charge on any atom is -0.472 e. The zero-order chi connectivity index (χ0) is 35.6. The number of carbonyl (C=O) groups is 5. The molecule has 0 unspecified atom stereocenters. The van der Waals surface area contributed by atoms with Crippen LogP contribution in [0.4, 0.5) is 0 Å². The normalized spacial score (nSPS) is 47.6. The Balaban J connectivity index is 1.69. The molecule has 5 fully saturated rings. The van der Waals surface area contributed by atoms with Gasteiger partial charge in [0.05, 0.1) is 43.7 Å². The number of aliphatic hydroxyl groups is 4. The summed E-state index contributed by atoms with van der Waals surface area (Å²) in [5.41, 5.74) is -12.4. The molecule has 1 saturated heterocycles. The molecule has 0 amide bonds. The van der Waals surface area contributed by atoms with Crippen LogP contribution in [0.25, 0.3) is 0 Å². The molecule has 5 aliphatic rings. The highest BCUT2D eigenvalue weighted by atomic mass is 16.6. The Morgan fingerprint density at radius 2 is 1.60 bits per heavy atom. The molecule has 1 aromatic rings. The molecule has 0 spiro atoms. The molecule has 48 heavy (non-hydrogen) atoms. The van der Waals surface area contributed by atoms with E-state index in [0.717, 1.165) is 27.9 Å². The molecular formula is C33H42O15. The highest BCUT2D eigenvalue weighted by Crippen LogP contribution is 2.82. The Bertz CT molecular complexity index is 1560. The zero-order valence-corrected chi connectivity index (χ0v) is 27.8. The number of esters is 5.